The summed E-state index contributed by atoms with van der Waals surface area (Å²) in [5, 5.41) is 2.83. The number of aromatic nitrogens is 1. The van der Waals surface area contributed by atoms with Gasteiger partial charge < -0.3 is 5.32 Å². The Morgan fingerprint density at radius 3 is 2.39 bits per heavy atom. The molecule has 1 N–H and O–H groups in total. The van der Waals surface area contributed by atoms with E-state index in [9.17, 15) is 13.2 Å². The van der Waals surface area contributed by atoms with Gasteiger partial charge in [-0.3, -0.25) is 0 Å². The van der Waals surface area contributed by atoms with Crippen LogP contribution in [0.15, 0.2) is 12.3 Å². The van der Waals surface area contributed by atoms with Crippen LogP contribution in [0.2, 0.25) is 5.02 Å². The Bertz CT molecular complexity index is 419. The minimum absolute atomic E-state index is 0.0600. The molecular weight excluding hydrogens is 288 g/mol. The van der Waals surface area contributed by atoms with Crippen molar-refractivity contribution in [3.8, 4) is 0 Å². The number of nitrogens with one attached hydrogen (secondary N) is 1. The zero-order valence-corrected chi connectivity index (χ0v) is 11.4. The number of nitrogens with zero attached hydrogens (tertiary/aromatic N) is 1. The van der Waals surface area contributed by atoms with Crippen LogP contribution < -0.4 is 5.32 Å². The van der Waals surface area contributed by atoms with E-state index in [1.165, 1.54) is 0 Å². The van der Waals surface area contributed by atoms with E-state index in [-0.39, 0.29) is 16.3 Å². The highest BCUT2D eigenvalue weighted by atomic mass is 35.5. The van der Waals surface area contributed by atoms with E-state index in [0.29, 0.717) is 12.4 Å². The zero-order chi connectivity index (χ0) is 14.0. The highest BCUT2D eigenvalue weighted by Crippen LogP contribution is 2.32. The lowest BCUT2D eigenvalue weighted by Crippen LogP contribution is -2.25. The minimum Gasteiger partial charge on any atom is -0.368 e. The van der Waals surface area contributed by atoms with Gasteiger partial charge in [-0.2, -0.15) is 13.2 Å². The van der Waals surface area contributed by atoms with Crippen molar-refractivity contribution < 1.29 is 13.2 Å². The number of anilines is 1. The fraction of sp³-hybridized carbons (Fsp3) is 0.545. The molecule has 0 aliphatic carbocycles. The molecule has 0 aliphatic heterocycles. The third-order valence-corrected chi connectivity index (χ3v) is 3.28. The van der Waals surface area contributed by atoms with Crippen LogP contribution >= 0.6 is 23.2 Å². The average Bonchev–Trinajstić information content (AvgIpc) is 2.26. The van der Waals surface area contributed by atoms with Gasteiger partial charge in [0.05, 0.1) is 10.6 Å². The SMILES string of the molecule is CC(C)(CCl)CNc1ncc(C(F)(F)F)cc1Cl. The Labute approximate surface area is 113 Å². The van der Waals surface area contributed by atoms with Crippen LogP contribution in [0.4, 0.5) is 19.0 Å². The highest BCUT2D eigenvalue weighted by molar-refractivity contribution is 6.33. The first-order valence-corrected chi connectivity index (χ1v) is 6.09. The summed E-state index contributed by atoms with van der Waals surface area (Å²) in [5.41, 5.74) is -1.07. The largest absolute Gasteiger partial charge is 0.417 e. The highest BCUT2D eigenvalue weighted by Gasteiger charge is 2.31. The van der Waals surface area contributed by atoms with Crippen LogP contribution in [-0.2, 0) is 6.18 Å². The molecule has 0 spiro atoms. The second-order valence-electron chi connectivity index (χ2n) is 4.70. The first-order valence-electron chi connectivity index (χ1n) is 5.18. The number of halogens is 5. The van der Waals surface area contributed by atoms with Crippen molar-refractivity contribution in [3.05, 3.63) is 22.8 Å². The van der Waals surface area contributed by atoms with E-state index in [4.69, 9.17) is 23.2 Å². The van der Waals surface area contributed by atoms with Crippen molar-refractivity contribution in [1.29, 1.82) is 0 Å². The van der Waals surface area contributed by atoms with Gasteiger partial charge in [0.2, 0.25) is 0 Å². The van der Waals surface area contributed by atoms with Crippen molar-refractivity contribution in [2.24, 2.45) is 5.41 Å². The van der Waals surface area contributed by atoms with Gasteiger partial charge in [0.1, 0.15) is 5.82 Å². The fourth-order valence-electron chi connectivity index (χ4n) is 1.09. The van der Waals surface area contributed by atoms with Gasteiger partial charge in [-0.15, -0.1) is 11.6 Å². The lowest BCUT2D eigenvalue weighted by molar-refractivity contribution is -0.137. The maximum atomic E-state index is 12.4. The first kappa shape index (κ1) is 15.4. The monoisotopic (exact) mass is 300 g/mol. The van der Waals surface area contributed by atoms with Crippen LogP contribution in [0, 0.1) is 5.41 Å². The molecule has 0 saturated carbocycles. The Hall–Kier alpha value is -0.680. The predicted octanol–water partition coefficient (Wildman–Crippen LogP) is 4.43. The standard InChI is InChI=1S/C11H13Cl2F3N2/c1-10(2,5-12)6-18-9-8(13)3-7(4-17-9)11(14,15)16/h3-4H,5-6H2,1-2H3,(H,17,18). The Balaban J connectivity index is 2.81. The van der Waals surface area contributed by atoms with E-state index >= 15 is 0 Å². The van der Waals surface area contributed by atoms with Crippen molar-refractivity contribution in [1.82, 2.24) is 4.98 Å². The quantitative estimate of drug-likeness (QED) is 0.832. The molecule has 102 valence electrons. The third-order valence-electron chi connectivity index (χ3n) is 2.26. The van der Waals surface area contributed by atoms with Gasteiger partial charge >= 0.3 is 6.18 Å². The summed E-state index contributed by atoms with van der Waals surface area (Å²) in [4.78, 5) is 3.68. The van der Waals surface area contributed by atoms with Gasteiger partial charge in [-0.1, -0.05) is 25.4 Å². The van der Waals surface area contributed by atoms with Crippen molar-refractivity contribution >= 4 is 29.0 Å². The predicted molar refractivity (Wildman–Crippen MR) is 67.2 cm³/mol. The Kier molecular flexibility index (Phi) is 4.72. The summed E-state index contributed by atoms with van der Waals surface area (Å²) in [5.74, 6) is 0.640. The number of hydrogen-bond donors (Lipinski definition) is 1. The van der Waals surface area contributed by atoms with Crippen LogP contribution in [-0.4, -0.2) is 17.4 Å². The van der Waals surface area contributed by atoms with Crippen LogP contribution in [0.1, 0.15) is 19.4 Å². The topological polar surface area (TPSA) is 24.9 Å². The molecule has 0 bridgehead atoms. The molecule has 0 aromatic carbocycles. The molecule has 0 aliphatic rings. The van der Waals surface area contributed by atoms with E-state index in [0.717, 1.165) is 12.3 Å². The van der Waals surface area contributed by atoms with Crippen LogP contribution in [0.3, 0.4) is 0 Å². The lowest BCUT2D eigenvalue weighted by Gasteiger charge is -2.22. The Morgan fingerprint density at radius 1 is 1.33 bits per heavy atom. The molecule has 0 fully saturated rings. The number of rotatable bonds is 4. The molecule has 1 rings (SSSR count). The van der Waals surface area contributed by atoms with Crippen LogP contribution in [0.5, 0.6) is 0 Å². The maximum absolute atomic E-state index is 12.4. The number of alkyl halides is 4. The summed E-state index contributed by atoms with van der Waals surface area (Å²) in [6.07, 6.45) is -3.69. The van der Waals surface area contributed by atoms with Gasteiger partial charge in [0.15, 0.2) is 0 Å². The Morgan fingerprint density at radius 2 is 1.94 bits per heavy atom. The number of pyridine rings is 1. The third kappa shape index (κ3) is 4.21. The van der Waals surface area contributed by atoms with E-state index < -0.39 is 11.7 Å². The molecule has 0 unspecified atom stereocenters. The first-order chi connectivity index (χ1) is 8.15. The van der Waals surface area contributed by atoms with Gasteiger partial charge in [-0.25, -0.2) is 4.98 Å². The van der Waals surface area contributed by atoms with Crippen molar-refractivity contribution in [2.75, 3.05) is 17.7 Å². The molecule has 1 aromatic heterocycles. The van der Waals surface area contributed by atoms with E-state index in [1.54, 1.807) is 0 Å². The fourth-order valence-corrected chi connectivity index (χ4v) is 1.42. The zero-order valence-electron chi connectivity index (χ0n) is 9.91. The van der Waals surface area contributed by atoms with Crippen LogP contribution in [0.25, 0.3) is 0 Å². The molecule has 1 aromatic rings. The molecule has 18 heavy (non-hydrogen) atoms. The summed E-state index contributed by atoms with van der Waals surface area (Å²) < 4.78 is 37.2. The van der Waals surface area contributed by atoms with Gasteiger partial charge in [0, 0.05) is 18.6 Å². The van der Waals surface area contributed by atoms with Gasteiger partial charge in [-0.05, 0) is 11.5 Å². The van der Waals surface area contributed by atoms with E-state index in [2.05, 4.69) is 10.3 Å². The number of hydrogen-bond acceptors (Lipinski definition) is 2. The molecule has 7 heteroatoms. The molecule has 0 amide bonds. The second-order valence-corrected chi connectivity index (χ2v) is 5.38. The normalized spacial score (nSPS) is 12.6. The summed E-state index contributed by atoms with van der Waals surface area (Å²) in [6.45, 7) is 4.31. The minimum atomic E-state index is -4.44. The van der Waals surface area contributed by atoms with Crippen molar-refractivity contribution in [3.63, 3.8) is 0 Å². The molecule has 0 radical (unpaired) electrons. The summed E-state index contributed by atoms with van der Waals surface area (Å²) in [7, 11) is 0. The molecular formula is C11H13Cl2F3N2. The smallest absolute Gasteiger partial charge is 0.368 e. The van der Waals surface area contributed by atoms with E-state index in [1.807, 2.05) is 13.8 Å². The molecule has 0 saturated heterocycles. The maximum Gasteiger partial charge on any atom is 0.417 e. The lowest BCUT2D eigenvalue weighted by atomic mass is 9.97. The summed E-state index contributed by atoms with van der Waals surface area (Å²) in [6, 6.07) is 0.852. The van der Waals surface area contributed by atoms with Gasteiger partial charge in [0.25, 0.3) is 0 Å². The molecule has 2 nitrogen and oxygen atoms in total. The van der Waals surface area contributed by atoms with Crippen molar-refractivity contribution in [2.45, 2.75) is 20.0 Å². The summed E-state index contributed by atoms with van der Waals surface area (Å²) >= 11 is 11.5. The molecule has 1 heterocycles. The average molecular weight is 301 g/mol. The molecule has 0 atom stereocenters. The second kappa shape index (κ2) is 5.53.